The summed E-state index contributed by atoms with van der Waals surface area (Å²) in [5.41, 5.74) is 2.63. The highest BCUT2D eigenvalue weighted by molar-refractivity contribution is 5.80. The maximum absolute atomic E-state index is 4.24. The third-order valence-corrected chi connectivity index (χ3v) is 3.36. The van der Waals surface area contributed by atoms with E-state index < -0.39 is 0 Å². The summed E-state index contributed by atoms with van der Waals surface area (Å²) in [6.45, 7) is 5.22. The molecule has 0 radical (unpaired) electrons. The molecular formula is C14H21N3. The van der Waals surface area contributed by atoms with E-state index in [-0.39, 0.29) is 0 Å². The van der Waals surface area contributed by atoms with Gasteiger partial charge in [-0.3, -0.25) is 4.99 Å². The number of hydrogen-bond donors (Lipinski definition) is 2. The quantitative estimate of drug-likeness (QED) is 0.617. The van der Waals surface area contributed by atoms with Crippen LogP contribution in [0.4, 0.5) is 0 Å². The third kappa shape index (κ3) is 3.22. The molecule has 0 saturated heterocycles. The number of hydrogen-bond acceptors (Lipinski definition) is 1. The second-order valence-corrected chi connectivity index (χ2v) is 4.82. The van der Waals surface area contributed by atoms with Crippen LogP contribution in [-0.2, 0) is 6.54 Å². The molecule has 0 bridgehead atoms. The van der Waals surface area contributed by atoms with E-state index in [0.717, 1.165) is 18.4 Å². The van der Waals surface area contributed by atoms with Crippen LogP contribution in [0.3, 0.4) is 0 Å². The van der Waals surface area contributed by atoms with Gasteiger partial charge >= 0.3 is 0 Å². The topological polar surface area (TPSA) is 36.4 Å². The molecule has 2 unspecified atom stereocenters. The van der Waals surface area contributed by atoms with Gasteiger partial charge in [-0.2, -0.15) is 0 Å². The lowest BCUT2D eigenvalue weighted by molar-refractivity contribution is 0.762. The number of rotatable bonds is 3. The number of aliphatic imine (C=N–C) groups is 1. The van der Waals surface area contributed by atoms with Gasteiger partial charge in [-0.25, -0.2) is 0 Å². The molecule has 1 aliphatic rings. The molecule has 92 valence electrons. The molecule has 0 spiro atoms. The zero-order valence-corrected chi connectivity index (χ0v) is 10.8. The minimum Gasteiger partial charge on any atom is -0.353 e. The van der Waals surface area contributed by atoms with E-state index in [0.29, 0.717) is 6.04 Å². The number of benzene rings is 1. The molecule has 2 atom stereocenters. The van der Waals surface area contributed by atoms with Gasteiger partial charge in [0.2, 0.25) is 0 Å². The van der Waals surface area contributed by atoms with Gasteiger partial charge in [0.15, 0.2) is 5.96 Å². The first-order valence-corrected chi connectivity index (χ1v) is 6.22. The van der Waals surface area contributed by atoms with Gasteiger partial charge in [0.1, 0.15) is 0 Å². The molecule has 0 aliphatic heterocycles. The van der Waals surface area contributed by atoms with Gasteiger partial charge in [-0.15, -0.1) is 0 Å². The van der Waals surface area contributed by atoms with E-state index in [9.17, 15) is 0 Å². The first-order valence-electron chi connectivity index (χ1n) is 6.22. The summed E-state index contributed by atoms with van der Waals surface area (Å²) in [6.07, 6.45) is 1.26. The van der Waals surface area contributed by atoms with Crippen molar-refractivity contribution < 1.29 is 0 Å². The molecule has 2 N–H and O–H groups in total. The summed E-state index contributed by atoms with van der Waals surface area (Å²) < 4.78 is 0. The lowest BCUT2D eigenvalue weighted by Gasteiger charge is -2.12. The second kappa shape index (κ2) is 5.21. The highest BCUT2D eigenvalue weighted by Gasteiger charge is 2.33. The summed E-state index contributed by atoms with van der Waals surface area (Å²) >= 11 is 0. The van der Waals surface area contributed by atoms with Crippen LogP contribution in [0.5, 0.6) is 0 Å². The fourth-order valence-electron chi connectivity index (χ4n) is 1.88. The minimum atomic E-state index is 0.609. The Kier molecular flexibility index (Phi) is 3.67. The highest BCUT2D eigenvalue weighted by atomic mass is 15.2. The fourth-order valence-corrected chi connectivity index (χ4v) is 1.88. The number of aryl methyl sites for hydroxylation is 1. The zero-order chi connectivity index (χ0) is 12.3. The van der Waals surface area contributed by atoms with Crippen molar-refractivity contribution in [3.8, 4) is 0 Å². The van der Waals surface area contributed by atoms with E-state index in [1.165, 1.54) is 17.5 Å². The lowest BCUT2D eigenvalue weighted by atomic mass is 10.1. The summed E-state index contributed by atoms with van der Waals surface area (Å²) in [7, 11) is 1.82. The molecule has 0 heterocycles. The van der Waals surface area contributed by atoms with Crippen molar-refractivity contribution in [2.75, 3.05) is 7.05 Å². The summed E-state index contributed by atoms with van der Waals surface area (Å²) in [6, 6.07) is 9.03. The lowest BCUT2D eigenvalue weighted by Crippen LogP contribution is -2.38. The minimum absolute atomic E-state index is 0.609. The van der Waals surface area contributed by atoms with Crippen LogP contribution in [0.1, 0.15) is 24.5 Å². The Morgan fingerprint density at radius 1 is 1.41 bits per heavy atom. The normalized spacial score (nSPS) is 23.4. The van der Waals surface area contributed by atoms with Gasteiger partial charge in [-0.05, 0) is 30.4 Å². The molecule has 1 aliphatic carbocycles. The summed E-state index contributed by atoms with van der Waals surface area (Å²) in [5, 5.41) is 6.78. The first-order chi connectivity index (χ1) is 8.20. The SMILES string of the molecule is CN=C(NCc1ccccc1C)NC1CC1C. The smallest absolute Gasteiger partial charge is 0.191 e. The van der Waals surface area contributed by atoms with Crippen molar-refractivity contribution in [1.82, 2.24) is 10.6 Å². The van der Waals surface area contributed by atoms with E-state index in [4.69, 9.17) is 0 Å². The van der Waals surface area contributed by atoms with Gasteiger partial charge < -0.3 is 10.6 Å². The zero-order valence-electron chi connectivity index (χ0n) is 10.8. The first kappa shape index (κ1) is 12.0. The van der Waals surface area contributed by atoms with Crippen LogP contribution in [0.15, 0.2) is 29.3 Å². The number of nitrogens with one attached hydrogen (secondary N) is 2. The summed E-state index contributed by atoms with van der Waals surface area (Å²) in [5.74, 6) is 1.69. The van der Waals surface area contributed by atoms with Gasteiger partial charge in [-0.1, -0.05) is 31.2 Å². The van der Waals surface area contributed by atoms with E-state index in [2.05, 4.69) is 53.7 Å². The molecule has 1 saturated carbocycles. The van der Waals surface area contributed by atoms with Gasteiger partial charge in [0.25, 0.3) is 0 Å². The van der Waals surface area contributed by atoms with Gasteiger partial charge in [0.05, 0.1) is 0 Å². The maximum Gasteiger partial charge on any atom is 0.191 e. The van der Waals surface area contributed by atoms with Crippen molar-refractivity contribution >= 4 is 5.96 Å². The summed E-state index contributed by atoms with van der Waals surface area (Å²) in [4.78, 5) is 4.24. The molecule has 1 aromatic carbocycles. The molecule has 0 amide bonds. The van der Waals surface area contributed by atoms with Crippen molar-refractivity contribution in [2.24, 2.45) is 10.9 Å². The van der Waals surface area contributed by atoms with Crippen molar-refractivity contribution in [2.45, 2.75) is 32.9 Å². The molecule has 1 fully saturated rings. The van der Waals surface area contributed by atoms with E-state index in [1.54, 1.807) is 0 Å². The Morgan fingerprint density at radius 2 is 2.12 bits per heavy atom. The Labute approximate surface area is 103 Å². The molecule has 2 rings (SSSR count). The Balaban J connectivity index is 1.86. The monoisotopic (exact) mass is 231 g/mol. The fraction of sp³-hybridized carbons (Fsp3) is 0.500. The predicted octanol–water partition coefficient (Wildman–Crippen LogP) is 2.07. The van der Waals surface area contributed by atoms with Crippen molar-refractivity contribution in [3.05, 3.63) is 35.4 Å². The van der Waals surface area contributed by atoms with Crippen molar-refractivity contribution in [1.29, 1.82) is 0 Å². The Morgan fingerprint density at radius 3 is 2.71 bits per heavy atom. The largest absolute Gasteiger partial charge is 0.353 e. The Hall–Kier alpha value is -1.51. The molecule has 3 heteroatoms. The van der Waals surface area contributed by atoms with Gasteiger partial charge in [0, 0.05) is 19.6 Å². The molecule has 0 aromatic heterocycles. The highest BCUT2D eigenvalue weighted by Crippen LogP contribution is 2.28. The van der Waals surface area contributed by atoms with Crippen LogP contribution in [0, 0.1) is 12.8 Å². The van der Waals surface area contributed by atoms with Crippen LogP contribution < -0.4 is 10.6 Å². The van der Waals surface area contributed by atoms with Crippen molar-refractivity contribution in [3.63, 3.8) is 0 Å². The standard InChI is InChI=1S/C14H21N3/c1-10-6-4-5-7-12(10)9-16-14(15-3)17-13-8-11(13)2/h4-7,11,13H,8-9H2,1-3H3,(H2,15,16,17). The van der Waals surface area contributed by atoms with E-state index in [1.807, 2.05) is 7.05 Å². The second-order valence-electron chi connectivity index (χ2n) is 4.82. The van der Waals surface area contributed by atoms with E-state index >= 15 is 0 Å². The maximum atomic E-state index is 4.24. The molecule has 17 heavy (non-hydrogen) atoms. The molecule has 3 nitrogen and oxygen atoms in total. The van der Waals surface area contributed by atoms with Crippen LogP contribution in [0.25, 0.3) is 0 Å². The molecular weight excluding hydrogens is 210 g/mol. The number of guanidine groups is 1. The average molecular weight is 231 g/mol. The van der Waals surface area contributed by atoms with Crippen LogP contribution in [-0.4, -0.2) is 19.0 Å². The Bertz CT molecular complexity index is 412. The average Bonchev–Trinajstić information content (AvgIpc) is 3.02. The third-order valence-electron chi connectivity index (χ3n) is 3.36. The van der Waals surface area contributed by atoms with Crippen LogP contribution in [0.2, 0.25) is 0 Å². The molecule has 1 aromatic rings. The predicted molar refractivity (Wildman–Crippen MR) is 72.1 cm³/mol. The van der Waals surface area contributed by atoms with Crippen LogP contribution >= 0.6 is 0 Å². The number of nitrogens with zero attached hydrogens (tertiary/aromatic N) is 1.